The summed E-state index contributed by atoms with van der Waals surface area (Å²) in [4.78, 5) is 10.7. The minimum Gasteiger partial charge on any atom is -0.369 e. The molecule has 2 aromatic rings. The van der Waals surface area contributed by atoms with Crippen LogP contribution >= 0.6 is 0 Å². The Morgan fingerprint density at radius 2 is 1.83 bits per heavy atom. The van der Waals surface area contributed by atoms with Gasteiger partial charge < -0.3 is 10.3 Å². The molecule has 1 aromatic heterocycles. The topological polar surface area (TPSA) is 65.1 Å². The minimum absolute atomic E-state index is 0.0972. The van der Waals surface area contributed by atoms with Gasteiger partial charge in [-0.25, -0.2) is 0 Å². The van der Waals surface area contributed by atoms with Crippen molar-refractivity contribution in [1.29, 1.82) is 0 Å². The number of para-hydroxylation sites is 1. The SMILES string of the molecule is NC(=O)C[S@](=O)Cc1ccccc1-n1cccc1. The fourth-order valence-electron chi connectivity index (χ4n) is 1.76. The highest BCUT2D eigenvalue weighted by molar-refractivity contribution is 7.84. The van der Waals surface area contributed by atoms with E-state index in [0.29, 0.717) is 5.75 Å². The summed E-state index contributed by atoms with van der Waals surface area (Å²) in [5, 5.41) is 0. The van der Waals surface area contributed by atoms with Gasteiger partial charge in [0, 0.05) is 28.9 Å². The fraction of sp³-hybridized carbons (Fsp3) is 0.154. The molecule has 94 valence electrons. The van der Waals surface area contributed by atoms with Crippen LogP contribution in [-0.4, -0.2) is 20.4 Å². The molecule has 1 atom stereocenters. The van der Waals surface area contributed by atoms with Crippen molar-refractivity contribution in [2.75, 3.05) is 5.75 Å². The molecule has 0 saturated heterocycles. The molecule has 0 fully saturated rings. The molecular weight excluding hydrogens is 248 g/mol. The zero-order chi connectivity index (χ0) is 13.0. The Bertz CT molecular complexity index is 564. The normalized spacial score (nSPS) is 12.2. The van der Waals surface area contributed by atoms with Crippen molar-refractivity contribution in [3.05, 3.63) is 54.4 Å². The second-order valence-electron chi connectivity index (χ2n) is 3.91. The minimum atomic E-state index is -1.26. The van der Waals surface area contributed by atoms with Crippen LogP contribution in [0.15, 0.2) is 48.8 Å². The molecule has 4 nitrogen and oxygen atoms in total. The van der Waals surface area contributed by atoms with Crippen LogP contribution in [0.3, 0.4) is 0 Å². The molecule has 0 bridgehead atoms. The molecule has 0 saturated carbocycles. The molecule has 2 N–H and O–H groups in total. The number of carbonyl (C=O) groups excluding carboxylic acids is 1. The van der Waals surface area contributed by atoms with Crippen LogP contribution in [-0.2, 0) is 21.3 Å². The van der Waals surface area contributed by atoms with Crippen molar-refractivity contribution in [3.8, 4) is 5.69 Å². The largest absolute Gasteiger partial charge is 0.369 e. The maximum absolute atomic E-state index is 11.7. The Morgan fingerprint density at radius 1 is 1.17 bits per heavy atom. The number of hydrogen-bond acceptors (Lipinski definition) is 2. The van der Waals surface area contributed by atoms with E-state index >= 15 is 0 Å². The summed E-state index contributed by atoms with van der Waals surface area (Å²) < 4.78 is 13.7. The Kier molecular flexibility index (Phi) is 3.94. The van der Waals surface area contributed by atoms with Gasteiger partial charge in [-0.3, -0.25) is 9.00 Å². The highest BCUT2D eigenvalue weighted by atomic mass is 32.2. The Balaban J connectivity index is 2.23. The predicted molar refractivity (Wildman–Crippen MR) is 71.7 cm³/mol. The van der Waals surface area contributed by atoms with Gasteiger partial charge in [0.2, 0.25) is 5.91 Å². The standard InChI is InChI=1S/C13H14N2O2S/c14-13(16)10-18(17)9-11-5-1-2-6-12(11)15-7-3-4-8-15/h1-8H,9-10H2,(H2,14,16)/t18-/m1/s1. The average Bonchev–Trinajstić information content (AvgIpc) is 2.81. The highest BCUT2D eigenvalue weighted by Crippen LogP contribution is 2.16. The van der Waals surface area contributed by atoms with Crippen LogP contribution in [0.5, 0.6) is 0 Å². The average molecular weight is 262 g/mol. The maximum Gasteiger partial charge on any atom is 0.230 e. The van der Waals surface area contributed by atoms with Crippen LogP contribution in [0.1, 0.15) is 5.56 Å². The lowest BCUT2D eigenvalue weighted by Gasteiger charge is -2.09. The quantitative estimate of drug-likeness (QED) is 0.880. The number of hydrogen-bond donors (Lipinski definition) is 1. The molecule has 0 aliphatic carbocycles. The van der Waals surface area contributed by atoms with E-state index in [9.17, 15) is 9.00 Å². The summed E-state index contributed by atoms with van der Waals surface area (Å²) in [6.07, 6.45) is 3.85. The van der Waals surface area contributed by atoms with Gasteiger partial charge in [-0.1, -0.05) is 18.2 Å². The van der Waals surface area contributed by atoms with E-state index in [1.807, 2.05) is 53.4 Å². The molecule has 1 amide bonds. The van der Waals surface area contributed by atoms with Gasteiger partial charge in [0.1, 0.15) is 5.75 Å². The summed E-state index contributed by atoms with van der Waals surface area (Å²) in [6, 6.07) is 11.5. The summed E-state index contributed by atoms with van der Waals surface area (Å²) in [7, 11) is -1.26. The molecule has 0 spiro atoms. The Morgan fingerprint density at radius 3 is 2.50 bits per heavy atom. The number of carbonyl (C=O) groups is 1. The molecular formula is C13H14N2O2S. The smallest absolute Gasteiger partial charge is 0.230 e. The van der Waals surface area contributed by atoms with Crippen LogP contribution in [0.25, 0.3) is 5.69 Å². The lowest BCUT2D eigenvalue weighted by Crippen LogP contribution is -2.20. The first-order chi connectivity index (χ1) is 8.66. The first kappa shape index (κ1) is 12.6. The third-order valence-electron chi connectivity index (χ3n) is 2.49. The van der Waals surface area contributed by atoms with Crippen molar-refractivity contribution in [2.45, 2.75) is 5.75 Å². The van der Waals surface area contributed by atoms with E-state index in [-0.39, 0.29) is 5.75 Å². The van der Waals surface area contributed by atoms with Gasteiger partial charge in [0.25, 0.3) is 0 Å². The summed E-state index contributed by atoms with van der Waals surface area (Å²) >= 11 is 0. The molecule has 0 radical (unpaired) electrons. The van der Waals surface area contributed by atoms with Crippen molar-refractivity contribution in [3.63, 3.8) is 0 Å². The third kappa shape index (κ3) is 3.07. The van der Waals surface area contributed by atoms with E-state index in [1.54, 1.807) is 0 Å². The van der Waals surface area contributed by atoms with Crippen LogP contribution in [0.4, 0.5) is 0 Å². The number of amides is 1. The second kappa shape index (κ2) is 5.64. The third-order valence-corrected chi connectivity index (χ3v) is 3.73. The van der Waals surface area contributed by atoms with E-state index in [1.165, 1.54) is 0 Å². The first-order valence-electron chi connectivity index (χ1n) is 5.51. The predicted octanol–water partition coefficient (Wildman–Crippen LogP) is 1.21. The number of rotatable bonds is 5. The first-order valence-corrected chi connectivity index (χ1v) is 7.00. The van der Waals surface area contributed by atoms with Crippen molar-refractivity contribution < 1.29 is 9.00 Å². The number of benzene rings is 1. The molecule has 1 heterocycles. The van der Waals surface area contributed by atoms with Gasteiger partial charge in [-0.2, -0.15) is 0 Å². The number of nitrogens with zero attached hydrogens (tertiary/aromatic N) is 1. The number of primary amides is 1. The van der Waals surface area contributed by atoms with E-state index in [0.717, 1.165) is 11.3 Å². The van der Waals surface area contributed by atoms with Gasteiger partial charge >= 0.3 is 0 Å². The molecule has 2 rings (SSSR count). The molecule has 0 aliphatic heterocycles. The van der Waals surface area contributed by atoms with Gasteiger partial charge in [-0.05, 0) is 23.8 Å². The van der Waals surface area contributed by atoms with Crippen LogP contribution < -0.4 is 5.73 Å². The molecule has 5 heteroatoms. The summed E-state index contributed by atoms with van der Waals surface area (Å²) in [6.45, 7) is 0. The van der Waals surface area contributed by atoms with Crippen molar-refractivity contribution in [2.24, 2.45) is 5.73 Å². The van der Waals surface area contributed by atoms with E-state index in [4.69, 9.17) is 5.73 Å². The van der Waals surface area contributed by atoms with Crippen molar-refractivity contribution >= 4 is 16.7 Å². The number of aromatic nitrogens is 1. The lowest BCUT2D eigenvalue weighted by atomic mass is 10.2. The second-order valence-corrected chi connectivity index (χ2v) is 5.37. The lowest BCUT2D eigenvalue weighted by molar-refractivity contribution is -0.115. The zero-order valence-corrected chi connectivity index (χ0v) is 10.6. The number of nitrogens with two attached hydrogens (primary N) is 1. The maximum atomic E-state index is 11.7. The van der Waals surface area contributed by atoms with E-state index in [2.05, 4.69) is 0 Å². The summed E-state index contributed by atoms with van der Waals surface area (Å²) in [5.41, 5.74) is 6.95. The van der Waals surface area contributed by atoms with Crippen molar-refractivity contribution in [1.82, 2.24) is 4.57 Å². The Hall–Kier alpha value is -1.88. The van der Waals surface area contributed by atoms with E-state index < -0.39 is 16.7 Å². The Labute approximate surface area is 108 Å². The molecule has 0 aliphatic rings. The molecule has 1 aromatic carbocycles. The summed E-state index contributed by atoms with van der Waals surface area (Å²) in [5.74, 6) is -0.302. The molecule has 18 heavy (non-hydrogen) atoms. The van der Waals surface area contributed by atoms with Crippen LogP contribution in [0.2, 0.25) is 0 Å². The van der Waals surface area contributed by atoms with Gasteiger partial charge in [-0.15, -0.1) is 0 Å². The van der Waals surface area contributed by atoms with Crippen LogP contribution in [0, 0.1) is 0 Å². The monoisotopic (exact) mass is 262 g/mol. The zero-order valence-electron chi connectivity index (χ0n) is 9.78. The highest BCUT2D eigenvalue weighted by Gasteiger charge is 2.09. The van der Waals surface area contributed by atoms with Gasteiger partial charge in [0.05, 0.1) is 5.75 Å². The molecule has 0 unspecified atom stereocenters. The fourth-order valence-corrected chi connectivity index (χ4v) is 2.77. The van der Waals surface area contributed by atoms with Gasteiger partial charge in [0.15, 0.2) is 0 Å².